The summed E-state index contributed by atoms with van der Waals surface area (Å²) in [6.07, 6.45) is 9.55. The molecule has 0 unspecified atom stereocenters. The maximum atomic E-state index is 5.22. The number of rotatable bonds is 6. The number of hydrogen-bond donors (Lipinski definition) is 0. The molecular formula is C9H17Li. The first kappa shape index (κ1) is 13.0. The second-order valence-electron chi connectivity index (χ2n) is 2.44. The molecule has 0 aliphatic heterocycles. The van der Waals surface area contributed by atoms with Crippen molar-refractivity contribution in [3.05, 3.63) is 12.7 Å². The SMILES string of the molecule is [CH-]=CCCCCCCC.[Li+]. The van der Waals surface area contributed by atoms with Crippen molar-refractivity contribution in [2.75, 3.05) is 0 Å². The summed E-state index contributed by atoms with van der Waals surface area (Å²) >= 11 is 0. The van der Waals surface area contributed by atoms with Crippen molar-refractivity contribution < 1.29 is 18.9 Å². The van der Waals surface area contributed by atoms with Crippen LogP contribution in [0.15, 0.2) is 6.08 Å². The van der Waals surface area contributed by atoms with Gasteiger partial charge in [0.2, 0.25) is 0 Å². The summed E-state index contributed by atoms with van der Waals surface area (Å²) in [5, 5.41) is 0. The maximum absolute atomic E-state index is 5.22. The minimum atomic E-state index is 0. The summed E-state index contributed by atoms with van der Waals surface area (Å²) < 4.78 is 0. The van der Waals surface area contributed by atoms with E-state index in [-0.39, 0.29) is 18.9 Å². The van der Waals surface area contributed by atoms with Gasteiger partial charge in [-0.15, -0.1) is 0 Å². The summed E-state index contributed by atoms with van der Waals surface area (Å²) in [4.78, 5) is 0. The van der Waals surface area contributed by atoms with Crippen LogP contribution in [-0.2, 0) is 0 Å². The van der Waals surface area contributed by atoms with Crippen LogP contribution in [0.5, 0.6) is 0 Å². The smallest absolute Gasteiger partial charge is 0.518 e. The van der Waals surface area contributed by atoms with E-state index in [2.05, 4.69) is 6.92 Å². The molecule has 0 N–H and O–H groups in total. The van der Waals surface area contributed by atoms with Crippen LogP contribution in [0.3, 0.4) is 0 Å². The van der Waals surface area contributed by atoms with E-state index in [1.807, 2.05) is 0 Å². The van der Waals surface area contributed by atoms with Gasteiger partial charge >= 0.3 is 18.9 Å². The fourth-order valence-electron chi connectivity index (χ4n) is 0.866. The van der Waals surface area contributed by atoms with Crippen LogP contribution in [0.2, 0.25) is 0 Å². The van der Waals surface area contributed by atoms with Gasteiger partial charge in [-0.1, -0.05) is 45.4 Å². The van der Waals surface area contributed by atoms with Gasteiger partial charge in [-0.3, -0.25) is 6.08 Å². The summed E-state index contributed by atoms with van der Waals surface area (Å²) in [6, 6.07) is 0. The molecule has 0 rings (SSSR count). The second-order valence-corrected chi connectivity index (χ2v) is 2.44. The van der Waals surface area contributed by atoms with Crippen LogP contribution in [0.25, 0.3) is 0 Å². The first-order valence-corrected chi connectivity index (χ1v) is 3.95. The molecule has 0 aromatic carbocycles. The van der Waals surface area contributed by atoms with Gasteiger partial charge in [0.15, 0.2) is 0 Å². The van der Waals surface area contributed by atoms with Crippen molar-refractivity contribution in [2.45, 2.75) is 45.4 Å². The Hall–Kier alpha value is 0.337. The van der Waals surface area contributed by atoms with Crippen molar-refractivity contribution in [2.24, 2.45) is 0 Å². The Kier molecular flexibility index (Phi) is 15.6. The standard InChI is InChI=1S/C9H17.Li/c1-3-5-7-9-8-6-4-2;/h1,3H,4-9H2,2H3;/q-1;+1. The molecule has 0 saturated carbocycles. The summed E-state index contributed by atoms with van der Waals surface area (Å²) in [5.74, 6) is 0. The minimum absolute atomic E-state index is 0. The quantitative estimate of drug-likeness (QED) is 0.278. The van der Waals surface area contributed by atoms with E-state index in [9.17, 15) is 0 Å². The second kappa shape index (κ2) is 12.1. The van der Waals surface area contributed by atoms with E-state index in [0.717, 1.165) is 6.42 Å². The summed E-state index contributed by atoms with van der Waals surface area (Å²) in [7, 11) is 0. The fraction of sp³-hybridized carbons (Fsp3) is 0.778. The fourth-order valence-corrected chi connectivity index (χ4v) is 0.866. The van der Waals surface area contributed by atoms with Gasteiger partial charge in [-0.2, -0.15) is 0 Å². The average molecular weight is 132 g/mol. The third kappa shape index (κ3) is 11.2. The van der Waals surface area contributed by atoms with Crippen LogP contribution >= 0.6 is 0 Å². The predicted molar refractivity (Wildman–Crippen MR) is 42.2 cm³/mol. The Morgan fingerprint density at radius 3 is 2.20 bits per heavy atom. The third-order valence-corrected chi connectivity index (χ3v) is 1.47. The molecule has 0 fully saturated rings. The van der Waals surface area contributed by atoms with Gasteiger partial charge < -0.3 is 6.58 Å². The normalized spacial score (nSPS) is 8.50. The molecule has 0 atom stereocenters. The molecule has 1 heteroatoms. The molecule has 0 aromatic rings. The molecule has 10 heavy (non-hydrogen) atoms. The molecule has 0 spiro atoms. The van der Waals surface area contributed by atoms with Gasteiger partial charge in [0.25, 0.3) is 0 Å². The Bertz CT molecular complexity index is 59.7. The van der Waals surface area contributed by atoms with E-state index in [1.165, 1.54) is 32.1 Å². The zero-order valence-electron chi connectivity index (χ0n) is 7.40. The Labute approximate surface area is 77.3 Å². The van der Waals surface area contributed by atoms with Crippen molar-refractivity contribution in [3.63, 3.8) is 0 Å². The molecule has 0 aliphatic rings. The van der Waals surface area contributed by atoms with Crippen LogP contribution in [0.1, 0.15) is 45.4 Å². The van der Waals surface area contributed by atoms with E-state index in [0.29, 0.717) is 0 Å². The van der Waals surface area contributed by atoms with E-state index in [1.54, 1.807) is 6.08 Å². The molecule has 0 aromatic heterocycles. The van der Waals surface area contributed by atoms with Gasteiger partial charge in [-0.05, 0) is 0 Å². The van der Waals surface area contributed by atoms with Crippen LogP contribution in [0, 0.1) is 6.58 Å². The zero-order chi connectivity index (χ0) is 6.95. The van der Waals surface area contributed by atoms with E-state index >= 15 is 0 Å². The molecule has 0 saturated heterocycles. The Morgan fingerprint density at radius 1 is 1.10 bits per heavy atom. The largest absolute Gasteiger partial charge is 1.00 e. The Morgan fingerprint density at radius 2 is 1.70 bits per heavy atom. The molecule has 54 valence electrons. The Balaban J connectivity index is 0. The topological polar surface area (TPSA) is 0 Å². The summed E-state index contributed by atoms with van der Waals surface area (Å²) in [6.45, 7) is 7.45. The first-order valence-electron chi connectivity index (χ1n) is 3.95. The number of hydrogen-bond acceptors (Lipinski definition) is 0. The molecule has 0 heterocycles. The van der Waals surface area contributed by atoms with Crippen molar-refractivity contribution >= 4 is 0 Å². The van der Waals surface area contributed by atoms with Gasteiger partial charge in [0.1, 0.15) is 0 Å². The molecule has 0 nitrogen and oxygen atoms in total. The molecule has 0 bridgehead atoms. The predicted octanol–water partition coefficient (Wildman–Crippen LogP) is 0.340. The number of unbranched alkanes of at least 4 members (excludes halogenated alkanes) is 5. The average Bonchev–Trinajstić information content (AvgIpc) is 1.89. The van der Waals surface area contributed by atoms with Crippen LogP contribution in [0.4, 0.5) is 0 Å². The molecule has 0 amide bonds. The first-order chi connectivity index (χ1) is 4.41. The monoisotopic (exact) mass is 132 g/mol. The van der Waals surface area contributed by atoms with Gasteiger partial charge in [0, 0.05) is 0 Å². The number of allylic oxidation sites excluding steroid dienone is 1. The van der Waals surface area contributed by atoms with Crippen LogP contribution < -0.4 is 18.9 Å². The van der Waals surface area contributed by atoms with Crippen molar-refractivity contribution in [1.82, 2.24) is 0 Å². The van der Waals surface area contributed by atoms with Crippen LogP contribution in [-0.4, -0.2) is 0 Å². The molecule has 0 radical (unpaired) electrons. The van der Waals surface area contributed by atoms with Gasteiger partial charge in [0.05, 0.1) is 0 Å². The van der Waals surface area contributed by atoms with E-state index < -0.39 is 0 Å². The van der Waals surface area contributed by atoms with Crippen molar-refractivity contribution in [3.8, 4) is 0 Å². The van der Waals surface area contributed by atoms with E-state index in [4.69, 9.17) is 6.58 Å². The van der Waals surface area contributed by atoms with Crippen molar-refractivity contribution in [1.29, 1.82) is 0 Å². The van der Waals surface area contributed by atoms with Gasteiger partial charge in [-0.25, -0.2) is 0 Å². The summed E-state index contributed by atoms with van der Waals surface area (Å²) in [5.41, 5.74) is 0. The molecule has 0 aliphatic carbocycles. The minimum Gasteiger partial charge on any atom is -0.518 e. The zero-order valence-corrected chi connectivity index (χ0v) is 7.40. The third-order valence-electron chi connectivity index (χ3n) is 1.47. The molecular weight excluding hydrogens is 115 g/mol. The maximum Gasteiger partial charge on any atom is 1.00 e.